The van der Waals surface area contributed by atoms with Gasteiger partial charge in [-0.15, -0.1) is 0 Å². The molecule has 0 unspecified atom stereocenters. The second-order valence-corrected chi connectivity index (χ2v) is 3.33. The molecule has 0 aromatic rings. The number of amides is 2. The predicted octanol–water partition coefficient (Wildman–Crippen LogP) is 0.990. The summed E-state index contributed by atoms with van der Waals surface area (Å²) in [7, 11) is 3.78. The molecule has 0 rings (SSSR count). The van der Waals surface area contributed by atoms with Crippen molar-refractivity contribution in [3.8, 4) is 0 Å². The second kappa shape index (κ2) is 7.62. The van der Waals surface area contributed by atoms with Crippen LogP contribution in [-0.4, -0.2) is 56.1 Å². The monoisotopic (exact) mass is 201 g/mol. The van der Waals surface area contributed by atoms with Crippen molar-refractivity contribution in [2.45, 2.75) is 20.3 Å². The standard InChI is InChI=1S/C10H23N3O/c1-5-13(6-2)10(14)12(4)9-7-8-11-3/h11H,5-9H2,1-4H3. The van der Waals surface area contributed by atoms with Gasteiger partial charge in [-0.1, -0.05) is 0 Å². The summed E-state index contributed by atoms with van der Waals surface area (Å²) in [5, 5.41) is 3.07. The van der Waals surface area contributed by atoms with Gasteiger partial charge >= 0.3 is 6.03 Å². The summed E-state index contributed by atoms with van der Waals surface area (Å²) in [5.41, 5.74) is 0. The molecule has 0 aliphatic carbocycles. The van der Waals surface area contributed by atoms with E-state index in [0.29, 0.717) is 0 Å². The Morgan fingerprint density at radius 2 is 1.86 bits per heavy atom. The van der Waals surface area contributed by atoms with Crippen LogP contribution in [0.1, 0.15) is 20.3 Å². The van der Waals surface area contributed by atoms with Crippen molar-refractivity contribution in [2.75, 3.05) is 40.3 Å². The average Bonchev–Trinajstić information content (AvgIpc) is 2.19. The Hall–Kier alpha value is -0.770. The van der Waals surface area contributed by atoms with E-state index in [1.165, 1.54) is 0 Å². The first-order chi connectivity index (χ1) is 6.67. The zero-order chi connectivity index (χ0) is 11.0. The van der Waals surface area contributed by atoms with E-state index < -0.39 is 0 Å². The van der Waals surface area contributed by atoms with Crippen molar-refractivity contribution in [3.63, 3.8) is 0 Å². The summed E-state index contributed by atoms with van der Waals surface area (Å²) in [6, 6.07) is 0.131. The van der Waals surface area contributed by atoms with Gasteiger partial charge < -0.3 is 15.1 Å². The highest BCUT2D eigenvalue weighted by molar-refractivity contribution is 5.74. The van der Waals surface area contributed by atoms with Gasteiger partial charge in [0.25, 0.3) is 0 Å². The molecule has 0 aromatic carbocycles. The van der Waals surface area contributed by atoms with Crippen LogP contribution in [0, 0.1) is 0 Å². The lowest BCUT2D eigenvalue weighted by Crippen LogP contribution is -2.41. The number of carbonyl (C=O) groups excluding carboxylic acids is 1. The van der Waals surface area contributed by atoms with Crippen LogP contribution in [0.3, 0.4) is 0 Å². The molecule has 0 aliphatic heterocycles. The Balaban J connectivity index is 3.84. The van der Waals surface area contributed by atoms with Crippen molar-refractivity contribution in [3.05, 3.63) is 0 Å². The van der Waals surface area contributed by atoms with Gasteiger partial charge in [-0.2, -0.15) is 0 Å². The summed E-state index contributed by atoms with van der Waals surface area (Å²) in [6.07, 6.45) is 1.00. The number of urea groups is 1. The molecule has 0 spiro atoms. The van der Waals surface area contributed by atoms with Crippen LogP contribution in [0.5, 0.6) is 0 Å². The van der Waals surface area contributed by atoms with E-state index >= 15 is 0 Å². The fraction of sp³-hybridized carbons (Fsp3) is 0.900. The molecule has 4 heteroatoms. The summed E-state index contributed by atoms with van der Waals surface area (Å²) in [4.78, 5) is 15.3. The molecule has 0 saturated carbocycles. The summed E-state index contributed by atoms with van der Waals surface area (Å²) in [6.45, 7) is 7.34. The van der Waals surface area contributed by atoms with E-state index in [-0.39, 0.29) is 6.03 Å². The van der Waals surface area contributed by atoms with E-state index in [9.17, 15) is 4.79 Å². The predicted molar refractivity (Wildman–Crippen MR) is 59.5 cm³/mol. The topological polar surface area (TPSA) is 35.6 Å². The third-order valence-electron chi connectivity index (χ3n) is 2.28. The van der Waals surface area contributed by atoms with Gasteiger partial charge in [0.2, 0.25) is 0 Å². The summed E-state index contributed by atoms with van der Waals surface area (Å²) < 4.78 is 0. The highest BCUT2D eigenvalue weighted by atomic mass is 16.2. The molecule has 0 fully saturated rings. The van der Waals surface area contributed by atoms with Gasteiger partial charge in [-0.05, 0) is 33.9 Å². The van der Waals surface area contributed by atoms with Crippen molar-refractivity contribution in [2.24, 2.45) is 0 Å². The van der Waals surface area contributed by atoms with Crippen LogP contribution in [0.25, 0.3) is 0 Å². The lowest BCUT2D eigenvalue weighted by atomic mass is 10.4. The van der Waals surface area contributed by atoms with Gasteiger partial charge in [-0.3, -0.25) is 0 Å². The van der Waals surface area contributed by atoms with E-state index in [4.69, 9.17) is 0 Å². The fourth-order valence-corrected chi connectivity index (χ4v) is 1.32. The van der Waals surface area contributed by atoms with Crippen LogP contribution in [-0.2, 0) is 0 Å². The number of hydrogen-bond acceptors (Lipinski definition) is 2. The molecular formula is C10H23N3O. The number of carbonyl (C=O) groups is 1. The molecule has 0 aliphatic rings. The zero-order valence-corrected chi connectivity index (χ0v) is 9.84. The molecule has 0 aromatic heterocycles. The third-order valence-corrected chi connectivity index (χ3v) is 2.28. The highest BCUT2D eigenvalue weighted by Crippen LogP contribution is 1.97. The lowest BCUT2D eigenvalue weighted by Gasteiger charge is -2.26. The maximum Gasteiger partial charge on any atom is 0.319 e. The van der Waals surface area contributed by atoms with Gasteiger partial charge in [-0.25, -0.2) is 4.79 Å². The highest BCUT2D eigenvalue weighted by Gasteiger charge is 2.13. The number of rotatable bonds is 6. The van der Waals surface area contributed by atoms with Gasteiger partial charge in [0.1, 0.15) is 0 Å². The van der Waals surface area contributed by atoms with Crippen LogP contribution in [0.4, 0.5) is 4.79 Å². The quantitative estimate of drug-likeness (QED) is 0.650. The Morgan fingerprint density at radius 3 is 2.29 bits per heavy atom. The maximum absolute atomic E-state index is 11.7. The largest absolute Gasteiger partial charge is 0.328 e. The van der Waals surface area contributed by atoms with E-state index in [1.54, 1.807) is 4.90 Å². The van der Waals surface area contributed by atoms with E-state index in [2.05, 4.69) is 5.32 Å². The molecule has 0 radical (unpaired) electrons. The molecule has 84 valence electrons. The summed E-state index contributed by atoms with van der Waals surface area (Å²) in [5.74, 6) is 0. The normalized spacial score (nSPS) is 10.0. The number of hydrogen-bond donors (Lipinski definition) is 1. The Bertz CT molecular complexity index is 157. The van der Waals surface area contributed by atoms with Crippen LogP contribution >= 0.6 is 0 Å². The van der Waals surface area contributed by atoms with E-state index in [0.717, 1.165) is 32.6 Å². The molecule has 0 atom stereocenters. The van der Waals surface area contributed by atoms with Crippen LogP contribution < -0.4 is 5.32 Å². The van der Waals surface area contributed by atoms with Crippen molar-refractivity contribution in [1.29, 1.82) is 0 Å². The first-order valence-electron chi connectivity index (χ1n) is 5.32. The average molecular weight is 201 g/mol. The molecule has 0 heterocycles. The molecule has 2 amide bonds. The molecule has 14 heavy (non-hydrogen) atoms. The third kappa shape index (κ3) is 4.46. The molecule has 4 nitrogen and oxygen atoms in total. The zero-order valence-electron chi connectivity index (χ0n) is 9.84. The fourth-order valence-electron chi connectivity index (χ4n) is 1.32. The second-order valence-electron chi connectivity index (χ2n) is 3.33. The van der Waals surface area contributed by atoms with E-state index in [1.807, 2.05) is 32.8 Å². The number of nitrogens with zero attached hydrogens (tertiary/aromatic N) is 2. The molecule has 0 saturated heterocycles. The smallest absolute Gasteiger partial charge is 0.319 e. The minimum Gasteiger partial charge on any atom is -0.328 e. The van der Waals surface area contributed by atoms with Gasteiger partial charge in [0.05, 0.1) is 0 Å². The Kier molecular flexibility index (Phi) is 7.20. The number of nitrogens with one attached hydrogen (secondary N) is 1. The first kappa shape index (κ1) is 13.2. The van der Waals surface area contributed by atoms with Crippen LogP contribution in [0.2, 0.25) is 0 Å². The van der Waals surface area contributed by atoms with Crippen molar-refractivity contribution in [1.82, 2.24) is 15.1 Å². The lowest BCUT2D eigenvalue weighted by molar-refractivity contribution is 0.167. The van der Waals surface area contributed by atoms with Gasteiger partial charge in [0.15, 0.2) is 0 Å². The minimum absolute atomic E-state index is 0.131. The first-order valence-corrected chi connectivity index (χ1v) is 5.32. The molecule has 0 bridgehead atoms. The molecular weight excluding hydrogens is 178 g/mol. The summed E-state index contributed by atoms with van der Waals surface area (Å²) >= 11 is 0. The SMILES string of the molecule is CCN(CC)C(=O)N(C)CCCNC. The van der Waals surface area contributed by atoms with Crippen molar-refractivity contribution >= 4 is 6.03 Å². The Morgan fingerprint density at radius 1 is 1.29 bits per heavy atom. The maximum atomic E-state index is 11.7. The Labute approximate surface area is 87.3 Å². The van der Waals surface area contributed by atoms with Crippen LogP contribution in [0.15, 0.2) is 0 Å². The minimum atomic E-state index is 0.131. The molecule has 1 N–H and O–H groups in total. The van der Waals surface area contributed by atoms with Crippen molar-refractivity contribution < 1.29 is 4.79 Å². The van der Waals surface area contributed by atoms with Gasteiger partial charge in [0, 0.05) is 26.7 Å².